The number of aryl methyl sites for hydroxylation is 1. The van der Waals surface area contributed by atoms with Gasteiger partial charge in [-0.15, -0.1) is 0 Å². The highest BCUT2D eigenvalue weighted by atomic mass is 32.2. The van der Waals surface area contributed by atoms with Crippen LogP contribution in [-0.2, 0) is 10.0 Å². The molecule has 0 aliphatic heterocycles. The van der Waals surface area contributed by atoms with Crippen LogP contribution in [-0.4, -0.2) is 40.4 Å². The molecule has 0 fully saturated rings. The van der Waals surface area contributed by atoms with E-state index in [0.29, 0.717) is 17.1 Å². The predicted molar refractivity (Wildman–Crippen MR) is 80.3 cm³/mol. The highest BCUT2D eigenvalue weighted by Crippen LogP contribution is 2.32. The zero-order valence-corrected chi connectivity index (χ0v) is 13.8. The van der Waals surface area contributed by atoms with Gasteiger partial charge in [0.2, 0.25) is 10.0 Å². The molecule has 1 atom stereocenters. The monoisotopic (exact) mass is 317 g/mol. The van der Waals surface area contributed by atoms with E-state index in [1.807, 2.05) is 13.8 Å². The number of sulfonamides is 1. The Kier molecular flexibility index (Phi) is 6.00. The van der Waals surface area contributed by atoms with Crippen LogP contribution in [0.25, 0.3) is 0 Å². The largest absolute Gasteiger partial charge is 0.493 e. The average Bonchev–Trinajstić information content (AvgIpc) is 2.43. The quantitative estimate of drug-likeness (QED) is 0.792. The molecule has 1 aromatic carbocycles. The van der Waals surface area contributed by atoms with Crippen molar-refractivity contribution in [2.75, 3.05) is 20.8 Å². The molecule has 21 heavy (non-hydrogen) atoms. The molecule has 0 aliphatic rings. The molecule has 0 aromatic heterocycles. The summed E-state index contributed by atoms with van der Waals surface area (Å²) < 4.78 is 37.8. The summed E-state index contributed by atoms with van der Waals surface area (Å²) in [4.78, 5) is 0.110. The highest BCUT2D eigenvalue weighted by molar-refractivity contribution is 7.89. The van der Waals surface area contributed by atoms with Gasteiger partial charge in [-0.2, -0.15) is 0 Å². The zero-order chi connectivity index (χ0) is 16.2. The maximum absolute atomic E-state index is 12.5. The molecule has 0 bridgehead atoms. The van der Waals surface area contributed by atoms with Crippen LogP contribution in [0, 0.1) is 12.8 Å². The van der Waals surface area contributed by atoms with E-state index in [0.717, 1.165) is 0 Å². The van der Waals surface area contributed by atoms with Crippen molar-refractivity contribution < 1.29 is 23.0 Å². The second kappa shape index (κ2) is 7.11. The number of aliphatic hydroxyl groups is 1. The van der Waals surface area contributed by atoms with Gasteiger partial charge in [-0.25, -0.2) is 13.1 Å². The van der Waals surface area contributed by atoms with E-state index >= 15 is 0 Å². The second-order valence-corrected chi connectivity index (χ2v) is 6.81. The molecule has 2 N–H and O–H groups in total. The van der Waals surface area contributed by atoms with E-state index < -0.39 is 16.1 Å². The van der Waals surface area contributed by atoms with Gasteiger partial charge in [-0.1, -0.05) is 13.8 Å². The molecule has 7 heteroatoms. The lowest BCUT2D eigenvalue weighted by atomic mass is 10.1. The first-order chi connectivity index (χ1) is 9.76. The van der Waals surface area contributed by atoms with E-state index in [9.17, 15) is 13.5 Å². The highest BCUT2D eigenvalue weighted by Gasteiger charge is 2.25. The Hall–Kier alpha value is -1.31. The molecule has 0 heterocycles. The Labute approximate surface area is 126 Å². The molecular formula is C14H23NO5S. The van der Waals surface area contributed by atoms with Gasteiger partial charge in [0.1, 0.15) is 0 Å². The summed E-state index contributed by atoms with van der Waals surface area (Å²) >= 11 is 0. The van der Waals surface area contributed by atoms with Gasteiger partial charge in [0, 0.05) is 12.1 Å². The first-order valence-electron chi connectivity index (χ1n) is 6.62. The van der Waals surface area contributed by atoms with Crippen molar-refractivity contribution in [2.24, 2.45) is 5.92 Å². The van der Waals surface area contributed by atoms with Crippen LogP contribution in [0.4, 0.5) is 0 Å². The number of nitrogens with one attached hydrogen (secondary N) is 1. The third-order valence-electron chi connectivity index (χ3n) is 3.28. The summed E-state index contributed by atoms with van der Waals surface area (Å²) in [6.07, 6.45) is 0. The van der Waals surface area contributed by atoms with E-state index in [1.54, 1.807) is 13.0 Å². The number of benzene rings is 1. The van der Waals surface area contributed by atoms with Crippen molar-refractivity contribution in [3.05, 3.63) is 17.7 Å². The third kappa shape index (κ3) is 4.09. The molecule has 1 aromatic rings. The van der Waals surface area contributed by atoms with E-state index in [-0.39, 0.29) is 17.4 Å². The average molecular weight is 317 g/mol. The van der Waals surface area contributed by atoms with Crippen molar-refractivity contribution in [2.45, 2.75) is 31.7 Å². The first-order valence-corrected chi connectivity index (χ1v) is 8.11. The first kappa shape index (κ1) is 17.7. The Balaban J connectivity index is 3.25. The number of aliphatic hydroxyl groups excluding tert-OH is 1. The Morgan fingerprint density at radius 2 is 1.71 bits per heavy atom. The van der Waals surface area contributed by atoms with Gasteiger partial charge in [0.25, 0.3) is 0 Å². The van der Waals surface area contributed by atoms with Crippen LogP contribution in [0.15, 0.2) is 17.0 Å². The molecule has 0 amide bonds. The van der Waals surface area contributed by atoms with Crippen LogP contribution in [0.1, 0.15) is 19.4 Å². The van der Waals surface area contributed by atoms with Gasteiger partial charge < -0.3 is 14.6 Å². The smallest absolute Gasteiger partial charge is 0.241 e. The van der Waals surface area contributed by atoms with E-state index in [4.69, 9.17) is 9.47 Å². The van der Waals surface area contributed by atoms with E-state index in [2.05, 4.69) is 4.72 Å². The molecular weight excluding hydrogens is 294 g/mol. The summed E-state index contributed by atoms with van der Waals surface area (Å²) in [5, 5.41) is 9.29. The lowest BCUT2D eigenvalue weighted by Gasteiger charge is -2.21. The Morgan fingerprint density at radius 3 is 2.14 bits per heavy atom. The number of hydrogen-bond donors (Lipinski definition) is 2. The SMILES string of the molecule is COc1cc(C)c(S(=O)(=O)N[C@H](CO)C(C)C)cc1OC. The van der Waals surface area contributed by atoms with Crippen molar-refractivity contribution >= 4 is 10.0 Å². The van der Waals surface area contributed by atoms with Gasteiger partial charge in [-0.05, 0) is 24.5 Å². The number of hydrogen-bond acceptors (Lipinski definition) is 5. The number of ether oxygens (including phenoxy) is 2. The second-order valence-electron chi connectivity index (χ2n) is 5.13. The predicted octanol–water partition coefficient (Wildman–Crippen LogP) is 1.31. The summed E-state index contributed by atoms with van der Waals surface area (Å²) in [5.74, 6) is 0.787. The molecule has 0 radical (unpaired) electrons. The van der Waals surface area contributed by atoms with Gasteiger partial charge >= 0.3 is 0 Å². The minimum atomic E-state index is -3.75. The summed E-state index contributed by atoms with van der Waals surface area (Å²) in [7, 11) is -0.814. The van der Waals surface area contributed by atoms with Crippen LogP contribution in [0.3, 0.4) is 0 Å². The van der Waals surface area contributed by atoms with Gasteiger partial charge in [-0.3, -0.25) is 0 Å². The molecule has 0 saturated carbocycles. The fourth-order valence-electron chi connectivity index (χ4n) is 1.90. The van der Waals surface area contributed by atoms with Crippen LogP contribution < -0.4 is 14.2 Å². The standard InChI is InChI=1S/C14H23NO5S/c1-9(2)11(8-16)15-21(17,18)14-7-13(20-5)12(19-4)6-10(14)3/h6-7,9,11,15-16H,8H2,1-5H3/t11-/m1/s1. The lowest BCUT2D eigenvalue weighted by molar-refractivity contribution is 0.227. The minimum Gasteiger partial charge on any atom is -0.493 e. The topological polar surface area (TPSA) is 84.9 Å². The molecule has 0 unspecified atom stereocenters. The van der Waals surface area contributed by atoms with Crippen molar-refractivity contribution in [1.82, 2.24) is 4.72 Å². The van der Waals surface area contributed by atoms with Crippen molar-refractivity contribution in [1.29, 1.82) is 0 Å². The van der Waals surface area contributed by atoms with Crippen LogP contribution in [0.2, 0.25) is 0 Å². The fraction of sp³-hybridized carbons (Fsp3) is 0.571. The maximum Gasteiger partial charge on any atom is 0.241 e. The van der Waals surface area contributed by atoms with Gasteiger partial charge in [0.15, 0.2) is 11.5 Å². The molecule has 6 nitrogen and oxygen atoms in total. The molecule has 120 valence electrons. The maximum atomic E-state index is 12.5. The zero-order valence-electron chi connectivity index (χ0n) is 13.0. The van der Waals surface area contributed by atoms with Crippen molar-refractivity contribution in [3.63, 3.8) is 0 Å². The Bertz CT molecular complexity index is 583. The minimum absolute atomic E-state index is 0.0229. The van der Waals surface area contributed by atoms with Gasteiger partial charge in [0.05, 0.1) is 25.7 Å². The third-order valence-corrected chi connectivity index (χ3v) is 4.91. The molecule has 0 spiro atoms. The van der Waals surface area contributed by atoms with Crippen LogP contribution >= 0.6 is 0 Å². The number of methoxy groups -OCH3 is 2. The summed E-state index contributed by atoms with van der Waals surface area (Å²) in [5.41, 5.74) is 0.542. The van der Waals surface area contributed by atoms with Crippen LogP contribution in [0.5, 0.6) is 11.5 Å². The Morgan fingerprint density at radius 1 is 1.19 bits per heavy atom. The molecule has 0 aliphatic carbocycles. The normalized spacial score (nSPS) is 13.3. The molecule has 0 saturated heterocycles. The van der Waals surface area contributed by atoms with Crippen molar-refractivity contribution in [3.8, 4) is 11.5 Å². The lowest BCUT2D eigenvalue weighted by Crippen LogP contribution is -2.41. The molecule has 1 rings (SSSR count). The van der Waals surface area contributed by atoms with E-state index in [1.165, 1.54) is 20.3 Å². The summed E-state index contributed by atoms with van der Waals surface area (Å²) in [6, 6.07) is 2.49. The fourth-order valence-corrected chi connectivity index (χ4v) is 3.52. The summed E-state index contributed by atoms with van der Waals surface area (Å²) in [6.45, 7) is 5.10. The number of rotatable bonds is 7.